The van der Waals surface area contributed by atoms with Crippen molar-refractivity contribution in [1.82, 2.24) is 0 Å². The van der Waals surface area contributed by atoms with Crippen LogP contribution in [0.2, 0.25) is 0 Å². The Labute approximate surface area is 110 Å². The van der Waals surface area contributed by atoms with Crippen LogP contribution in [-0.2, 0) is 10.5 Å². The molecule has 3 heteroatoms. The first-order chi connectivity index (χ1) is 8.58. The average Bonchev–Trinajstić information content (AvgIpc) is 2.41. The van der Waals surface area contributed by atoms with Gasteiger partial charge in [0.25, 0.3) is 0 Å². The summed E-state index contributed by atoms with van der Waals surface area (Å²) in [6, 6.07) is 8.81. The highest BCUT2D eigenvalue weighted by Crippen LogP contribution is 2.20. The third-order valence-electron chi connectivity index (χ3n) is 2.43. The predicted molar refractivity (Wildman–Crippen MR) is 74.2 cm³/mol. The fraction of sp³-hybridized carbons (Fsp3) is 0.600. The quantitative estimate of drug-likeness (QED) is 0.606. The molecule has 0 aliphatic rings. The summed E-state index contributed by atoms with van der Waals surface area (Å²) in [6.45, 7) is 7.82. The molecule has 1 aromatic carbocycles. The highest BCUT2D eigenvalue weighted by Gasteiger charge is 2.21. The van der Waals surface area contributed by atoms with Crippen LogP contribution in [0.5, 0.6) is 0 Å². The lowest BCUT2D eigenvalue weighted by Gasteiger charge is -2.19. The molecule has 0 atom stereocenters. The van der Waals surface area contributed by atoms with Gasteiger partial charge in [0.15, 0.2) is 5.79 Å². The van der Waals surface area contributed by atoms with Gasteiger partial charge in [-0.05, 0) is 12.8 Å². The molecule has 0 spiro atoms. The van der Waals surface area contributed by atoms with Crippen LogP contribution in [0, 0.1) is 0 Å². The van der Waals surface area contributed by atoms with E-state index in [9.17, 15) is 10.2 Å². The second-order valence-corrected chi connectivity index (χ2v) is 4.15. The van der Waals surface area contributed by atoms with Crippen molar-refractivity contribution < 1.29 is 14.9 Å². The zero-order valence-electron chi connectivity index (χ0n) is 11.7. The first kappa shape index (κ1) is 17.1. The lowest BCUT2D eigenvalue weighted by molar-refractivity contribution is -0.171. The van der Waals surface area contributed by atoms with Crippen molar-refractivity contribution in [1.29, 1.82) is 0 Å². The van der Waals surface area contributed by atoms with E-state index in [1.165, 1.54) is 0 Å². The normalized spacial score (nSPS) is 10.7. The Bertz CT molecular complexity index is 279. The van der Waals surface area contributed by atoms with Gasteiger partial charge in [-0.3, -0.25) is 0 Å². The Morgan fingerprint density at radius 2 is 1.44 bits per heavy atom. The molecular weight excluding hydrogens is 228 g/mol. The van der Waals surface area contributed by atoms with Gasteiger partial charge in [0.2, 0.25) is 0 Å². The first-order valence-corrected chi connectivity index (χ1v) is 6.66. The monoisotopic (exact) mass is 254 g/mol. The zero-order chi connectivity index (χ0) is 13.9. The molecule has 0 fully saturated rings. The summed E-state index contributed by atoms with van der Waals surface area (Å²) in [5.74, 6) is -1.67. The SMILES string of the molecule is CCC(O)(O)c1ccccc1.CCCOCCC. The third-order valence-corrected chi connectivity index (χ3v) is 2.43. The Hall–Kier alpha value is -0.900. The molecule has 0 aromatic heterocycles. The van der Waals surface area contributed by atoms with Crippen molar-refractivity contribution >= 4 is 0 Å². The van der Waals surface area contributed by atoms with Crippen LogP contribution in [0.3, 0.4) is 0 Å². The van der Waals surface area contributed by atoms with Crippen molar-refractivity contribution in [3.63, 3.8) is 0 Å². The molecule has 2 N–H and O–H groups in total. The Morgan fingerprint density at radius 1 is 0.944 bits per heavy atom. The van der Waals surface area contributed by atoms with E-state index in [2.05, 4.69) is 13.8 Å². The van der Waals surface area contributed by atoms with E-state index >= 15 is 0 Å². The molecule has 0 heterocycles. The highest BCUT2D eigenvalue weighted by molar-refractivity contribution is 5.19. The maximum absolute atomic E-state index is 9.35. The summed E-state index contributed by atoms with van der Waals surface area (Å²) in [7, 11) is 0. The lowest BCUT2D eigenvalue weighted by atomic mass is 10.0. The summed E-state index contributed by atoms with van der Waals surface area (Å²) in [6.07, 6.45) is 2.58. The van der Waals surface area contributed by atoms with Crippen molar-refractivity contribution in [2.45, 2.75) is 45.8 Å². The van der Waals surface area contributed by atoms with Gasteiger partial charge in [0, 0.05) is 25.2 Å². The van der Waals surface area contributed by atoms with E-state index in [-0.39, 0.29) is 0 Å². The largest absolute Gasteiger partial charge is 0.381 e. The number of benzene rings is 1. The van der Waals surface area contributed by atoms with Crippen LogP contribution in [0.1, 0.15) is 45.6 Å². The molecule has 3 nitrogen and oxygen atoms in total. The highest BCUT2D eigenvalue weighted by atomic mass is 16.5. The van der Waals surface area contributed by atoms with E-state index in [1.807, 2.05) is 6.07 Å². The van der Waals surface area contributed by atoms with E-state index in [0.29, 0.717) is 12.0 Å². The molecule has 104 valence electrons. The molecule has 1 aromatic rings. The molecule has 0 saturated carbocycles. The molecule has 0 aliphatic heterocycles. The van der Waals surface area contributed by atoms with Crippen molar-refractivity contribution in [3.8, 4) is 0 Å². The van der Waals surface area contributed by atoms with E-state index in [1.54, 1.807) is 31.2 Å². The molecule has 1 rings (SSSR count). The molecular formula is C15H26O3. The summed E-state index contributed by atoms with van der Waals surface area (Å²) >= 11 is 0. The van der Waals surface area contributed by atoms with E-state index < -0.39 is 5.79 Å². The van der Waals surface area contributed by atoms with Crippen molar-refractivity contribution in [2.24, 2.45) is 0 Å². The molecule has 0 aliphatic carbocycles. The third kappa shape index (κ3) is 7.43. The van der Waals surface area contributed by atoms with Crippen LogP contribution in [-0.4, -0.2) is 23.4 Å². The van der Waals surface area contributed by atoms with Crippen LogP contribution in [0.25, 0.3) is 0 Å². The molecule has 0 bridgehead atoms. The summed E-state index contributed by atoms with van der Waals surface area (Å²) in [4.78, 5) is 0. The van der Waals surface area contributed by atoms with Gasteiger partial charge in [-0.25, -0.2) is 0 Å². The minimum atomic E-state index is -1.67. The number of rotatable bonds is 6. The second-order valence-electron chi connectivity index (χ2n) is 4.15. The van der Waals surface area contributed by atoms with Gasteiger partial charge >= 0.3 is 0 Å². The van der Waals surface area contributed by atoms with E-state index in [4.69, 9.17) is 4.74 Å². The van der Waals surface area contributed by atoms with Crippen molar-refractivity contribution in [2.75, 3.05) is 13.2 Å². The molecule has 0 radical (unpaired) electrons. The van der Waals surface area contributed by atoms with E-state index in [0.717, 1.165) is 26.1 Å². The van der Waals surface area contributed by atoms with Gasteiger partial charge in [-0.15, -0.1) is 0 Å². The summed E-state index contributed by atoms with van der Waals surface area (Å²) in [5.41, 5.74) is 0.544. The van der Waals surface area contributed by atoms with Gasteiger partial charge in [0.05, 0.1) is 0 Å². The predicted octanol–water partition coefficient (Wildman–Crippen LogP) is 3.06. The fourth-order valence-electron chi connectivity index (χ4n) is 1.30. The zero-order valence-corrected chi connectivity index (χ0v) is 11.7. The van der Waals surface area contributed by atoms with Crippen LogP contribution < -0.4 is 0 Å². The van der Waals surface area contributed by atoms with Gasteiger partial charge in [-0.1, -0.05) is 51.1 Å². The minimum Gasteiger partial charge on any atom is -0.381 e. The fourth-order valence-corrected chi connectivity index (χ4v) is 1.30. The molecule has 0 unspecified atom stereocenters. The Morgan fingerprint density at radius 3 is 1.83 bits per heavy atom. The van der Waals surface area contributed by atoms with Gasteiger partial charge < -0.3 is 14.9 Å². The van der Waals surface area contributed by atoms with Crippen LogP contribution in [0.4, 0.5) is 0 Å². The number of hydrogen-bond donors (Lipinski definition) is 2. The van der Waals surface area contributed by atoms with Crippen LogP contribution in [0.15, 0.2) is 30.3 Å². The maximum atomic E-state index is 9.35. The number of hydrogen-bond acceptors (Lipinski definition) is 3. The van der Waals surface area contributed by atoms with Crippen molar-refractivity contribution in [3.05, 3.63) is 35.9 Å². The summed E-state index contributed by atoms with van der Waals surface area (Å²) in [5, 5.41) is 18.7. The average molecular weight is 254 g/mol. The molecule has 0 saturated heterocycles. The minimum absolute atomic E-state index is 0.303. The van der Waals surface area contributed by atoms with Crippen LogP contribution >= 0.6 is 0 Å². The van der Waals surface area contributed by atoms with Gasteiger partial charge in [-0.2, -0.15) is 0 Å². The first-order valence-electron chi connectivity index (χ1n) is 6.66. The van der Waals surface area contributed by atoms with Gasteiger partial charge in [0.1, 0.15) is 0 Å². The topological polar surface area (TPSA) is 49.7 Å². The number of ether oxygens (including phenoxy) is 1. The Kier molecular flexibility index (Phi) is 9.56. The lowest BCUT2D eigenvalue weighted by Crippen LogP contribution is -2.23. The smallest absolute Gasteiger partial charge is 0.189 e. The number of aliphatic hydroxyl groups is 2. The second kappa shape index (κ2) is 10.1. The maximum Gasteiger partial charge on any atom is 0.189 e. The molecule has 18 heavy (non-hydrogen) atoms. The Balaban J connectivity index is 0.000000360. The summed E-state index contributed by atoms with van der Waals surface area (Å²) < 4.78 is 5.13. The molecule has 0 amide bonds. The standard InChI is InChI=1S/C9H12O2.C6H14O/c1-2-9(10,11)8-6-4-3-5-7-8;1-3-5-7-6-4-2/h3-7,10-11H,2H2,1H3;3-6H2,1-2H3.